The molecule has 0 aromatic carbocycles. The summed E-state index contributed by atoms with van der Waals surface area (Å²) in [5.74, 6) is 1.03. The fourth-order valence-corrected chi connectivity index (χ4v) is 3.54. The van der Waals surface area contributed by atoms with E-state index in [-0.39, 0.29) is 24.0 Å². The summed E-state index contributed by atoms with van der Waals surface area (Å²) in [5, 5.41) is 7.79. The Morgan fingerprint density at radius 1 is 1.35 bits per heavy atom. The summed E-state index contributed by atoms with van der Waals surface area (Å²) in [6.45, 7) is 8.59. The summed E-state index contributed by atoms with van der Waals surface area (Å²) in [5.41, 5.74) is 1.21. The topological polar surface area (TPSA) is 48.7 Å². The number of hydrogen-bond donors (Lipinski definition) is 1. The van der Waals surface area contributed by atoms with E-state index in [9.17, 15) is 0 Å². The Hall–Kier alpha value is -0.830. The van der Waals surface area contributed by atoms with E-state index in [2.05, 4.69) is 38.3 Å². The number of aromatic nitrogens is 2. The maximum Gasteiger partial charge on any atom is 0.193 e. The maximum atomic E-state index is 4.45. The summed E-state index contributed by atoms with van der Waals surface area (Å²) in [6, 6.07) is 0.717. The smallest absolute Gasteiger partial charge is 0.193 e. The quantitative estimate of drug-likeness (QED) is 0.446. The van der Waals surface area contributed by atoms with Crippen molar-refractivity contribution < 1.29 is 0 Å². The zero-order valence-electron chi connectivity index (χ0n) is 14.2. The fraction of sp³-hybridized carbons (Fsp3) is 0.750. The van der Waals surface area contributed by atoms with Crippen molar-refractivity contribution >= 4 is 29.9 Å². The highest BCUT2D eigenvalue weighted by Gasteiger charge is 2.30. The first-order valence-corrected chi connectivity index (χ1v) is 8.45. The molecule has 3 rings (SSSR count). The number of hydrogen-bond acceptors (Lipinski definition) is 3. The Labute approximate surface area is 156 Å². The van der Waals surface area contributed by atoms with Crippen molar-refractivity contribution in [2.24, 2.45) is 4.99 Å². The molecule has 3 heterocycles. The van der Waals surface area contributed by atoms with Crippen LogP contribution in [0, 0.1) is 6.92 Å². The highest BCUT2D eigenvalue weighted by molar-refractivity contribution is 14.0. The van der Waals surface area contributed by atoms with Crippen LogP contribution in [0.5, 0.6) is 0 Å². The monoisotopic (exact) mass is 432 g/mol. The molecule has 0 saturated carbocycles. The highest BCUT2D eigenvalue weighted by Crippen LogP contribution is 2.20. The van der Waals surface area contributed by atoms with Crippen molar-refractivity contribution in [1.29, 1.82) is 0 Å². The Bertz CT molecular complexity index is 508. The molecular weight excluding hydrogens is 403 g/mol. The van der Waals surface area contributed by atoms with Gasteiger partial charge in [0, 0.05) is 38.9 Å². The summed E-state index contributed by atoms with van der Waals surface area (Å²) < 4.78 is 1.98. The number of likely N-dealkylation sites (tertiary alicyclic amines) is 2. The summed E-state index contributed by atoms with van der Waals surface area (Å²) in [6.07, 6.45) is 7.97. The predicted octanol–water partition coefficient (Wildman–Crippen LogP) is 1.56. The van der Waals surface area contributed by atoms with Gasteiger partial charge in [0.15, 0.2) is 5.96 Å². The molecule has 1 N–H and O–H groups in total. The van der Waals surface area contributed by atoms with E-state index in [0.29, 0.717) is 0 Å². The molecule has 2 aliphatic rings. The van der Waals surface area contributed by atoms with Crippen LogP contribution in [0.15, 0.2) is 17.4 Å². The molecule has 1 aromatic rings. The molecule has 0 spiro atoms. The second kappa shape index (κ2) is 8.86. The van der Waals surface area contributed by atoms with Gasteiger partial charge < -0.3 is 10.2 Å². The zero-order chi connectivity index (χ0) is 15.4. The van der Waals surface area contributed by atoms with Gasteiger partial charge in [-0.15, -0.1) is 24.0 Å². The molecule has 0 amide bonds. The number of guanidine groups is 1. The molecule has 2 aliphatic heterocycles. The van der Waals surface area contributed by atoms with E-state index in [1.165, 1.54) is 37.9 Å². The Morgan fingerprint density at radius 2 is 2.13 bits per heavy atom. The number of aliphatic imine (C=N–C) groups is 1. The van der Waals surface area contributed by atoms with Gasteiger partial charge in [-0.3, -0.25) is 14.6 Å². The van der Waals surface area contributed by atoms with E-state index in [4.69, 9.17) is 0 Å². The minimum Gasteiger partial charge on any atom is -0.354 e. The molecule has 0 radical (unpaired) electrons. The number of aryl methyl sites for hydroxylation is 1. The molecule has 1 aromatic heterocycles. The third kappa shape index (κ3) is 4.82. The van der Waals surface area contributed by atoms with Crippen LogP contribution in [0.25, 0.3) is 0 Å². The van der Waals surface area contributed by atoms with Crippen molar-refractivity contribution in [3.8, 4) is 0 Å². The minimum absolute atomic E-state index is 0. The number of nitrogens with one attached hydrogen (secondary N) is 1. The van der Waals surface area contributed by atoms with E-state index in [1.807, 2.05) is 17.9 Å². The SMILES string of the molecule is CN=C(NCCn1cc(C)cn1)N1CCC(N2CCCC2)C1.I. The number of nitrogens with zero attached hydrogens (tertiary/aromatic N) is 5. The predicted molar refractivity (Wildman–Crippen MR) is 105 cm³/mol. The van der Waals surface area contributed by atoms with Gasteiger partial charge in [0.05, 0.1) is 12.7 Å². The zero-order valence-corrected chi connectivity index (χ0v) is 16.6. The summed E-state index contributed by atoms with van der Waals surface area (Å²) in [4.78, 5) is 9.50. The van der Waals surface area contributed by atoms with Crippen LogP contribution in [0.1, 0.15) is 24.8 Å². The van der Waals surface area contributed by atoms with Crippen molar-refractivity contribution in [3.05, 3.63) is 18.0 Å². The molecule has 1 unspecified atom stereocenters. The van der Waals surface area contributed by atoms with E-state index in [0.717, 1.165) is 38.2 Å². The van der Waals surface area contributed by atoms with Crippen molar-refractivity contribution in [2.45, 2.75) is 38.8 Å². The van der Waals surface area contributed by atoms with Crippen LogP contribution in [0.3, 0.4) is 0 Å². The third-order valence-electron chi connectivity index (χ3n) is 4.72. The van der Waals surface area contributed by atoms with Crippen molar-refractivity contribution in [3.63, 3.8) is 0 Å². The molecule has 2 fully saturated rings. The van der Waals surface area contributed by atoms with E-state index < -0.39 is 0 Å². The highest BCUT2D eigenvalue weighted by atomic mass is 127. The molecule has 7 heteroatoms. The largest absolute Gasteiger partial charge is 0.354 e. The van der Waals surface area contributed by atoms with Crippen LogP contribution in [-0.4, -0.2) is 71.4 Å². The van der Waals surface area contributed by atoms with Gasteiger partial charge >= 0.3 is 0 Å². The summed E-state index contributed by atoms with van der Waals surface area (Å²) in [7, 11) is 1.88. The average molecular weight is 432 g/mol. The fourth-order valence-electron chi connectivity index (χ4n) is 3.54. The lowest BCUT2D eigenvalue weighted by molar-refractivity contribution is 0.249. The van der Waals surface area contributed by atoms with Gasteiger partial charge in [0.25, 0.3) is 0 Å². The van der Waals surface area contributed by atoms with Crippen LogP contribution < -0.4 is 5.32 Å². The Kier molecular flexibility index (Phi) is 7.13. The van der Waals surface area contributed by atoms with Crippen LogP contribution in [0.2, 0.25) is 0 Å². The first-order valence-electron chi connectivity index (χ1n) is 8.45. The lowest BCUT2D eigenvalue weighted by Crippen LogP contribution is -2.43. The molecule has 0 aliphatic carbocycles. The molecule has 1 atom stereocenters. The minimum atomic E-state index is 0. The standard InChI is InChI=1S/C16H28N6.HI/c1-14-11-19-22(12-14)10-6-18-16(17-2)21-9-5-15(13-21)20-7-3-4-8-20;/h11-12,15H,3-10,13H2,1-2H3,(H,17,18);1H. The Morgan fingerprint density at radius 3 is 2.78 bits per heavy atom. The van der Waals surface area contributed by atoms with Gasteiger partial charge in [0.1, 0.15) is 0 Å². The lowest BCUT2D eigenvalue weighted by atomic mass is 10.2. The Balaban J connectivity index is 0.00000192. The van der Waals surface area contributed by atoms with Crippen LogP contribution in [0.4, 0.5) is 0 Å². The number of halogens is 1. The molecule has 23 heavy (non-hydrogen) atoms. The van der Waals surface area contributed by atoms with Crippen LogP contribution in [-0.2, 0) is 6.54 Å². The number of rotatable bonds is 4. The molecule has 6 nitrogen and oxygen atoms in total. The molecule has 130 valence electrons. The maximum absolute atomic E-state index is 4.45. The molecular formula is C16H29IN6. The molecule has 0 bridgehead atoms. The second-order valence-corrected chi connectivity index (χ2v) is 6.39. The van der Waals surface area contributed by atoms with Gasteiger partial charge in [-0.2, -0.15) is 5.10 Å². The van der Waals surface area contributed by atoms with E-state index in [1.54, 1.807) is 0 Å². The first-order chi connectivity index (χ1) is 10.8. The van der Waals surface area contributed by atoms with E-state index >= 15 is 0 Å². The van der Waals surface area contributed by atoms with Gasteiger partial charge in [-0.25, -0.2) is 0 Å². The summed E-state index contributed by atoms with van der Waals surface area (Å²) >= 11 is 0. The third-order valence-corrected chi connectivity index (χ3v) is 4.72. The van der Waals surface area contributed by atoms with Crippen LogP contribution >= 0.6 is 24.0 Å². The van der Waals surface area contributed by atoms with Crippen molar-refractivity contribution in [1.82, 2.24) is 24.9 Å². The lowest BCUT2D eigenvalue weighted by Gasteiger charge is -2.25. The second-order valence-electron chi connectivity index (χ2n) is 6.39. The average Bonchev–Trinajstić information content (AvgIpc) is 3.24. The van der Waals surface area contributed by atoms with Gasteiger partial charge in [-0.05, 0) is 44.8 Å². The normalized spacial score (nSPS) is 22.4. The van der Waals surface area contributed by atoms with Gasteiger partial charge in [0.2, 0.25) is 0 Å². The molecule has 2 saturated heterocycles. The first kappa shape index (κ1) is 18.5. The van der Waals surface area contributed by atoms with Gasteiger partial charge in [-0.1, -0.05) is 0 Å². The van der Waals surface area contributed by atoms with Crippen molar-refractivity contribution in [2.75, 3.05) is 39.8 Å².